The number of ether oxygens (including phenoxy) is 1. The molecule has 0 unspecified atom stereocenters. The van der Waals surface area contributed by atoms with E-state index in [1.807, 2.05) is 30.3 Å². The molecule has 0 atom stereocenters. The van der Waals surface area contributed by atoms with Crippen LogP contribution in [-0.2, 0) is 17.9 Å². The topological polar surface area (TPSA) is 64.3 Å². The van der Waals surface area contributed by atoms with Crippen molar-refractivity contribution in [3.8, 4) is 11.8 Å². The molecule has 5 heteroatoms. The molecule has 4 nitrogen and oxygen atoms in total. The van der Waals surface area contributed by atoms with Crippen LogP contribution in [0, 0.1) is 17.7 Å². The van der Waals surface area contributed by atoms with Gasteiger partial charge >= 0.3 is 6.09 Å². The van der Waals surface area contributed by atoms with Gasteiger partial charge in [0.05, 0.1) is 6.54 Å². The van der Waals surface area contributed by atoms with Gasteiger partial charge in [-0.15, -0.1) is 0 Å². The Morgan fingerprint density at radius 2 is 2.00 bits per heavy atom. The molecule has 0 aromatic heterocycles. The number of nitrogens with two attached hydrogens (primary N) is 1. The van der Waals surface area contributed by atoms with Gasteiger partial charge in [-0.05, 0) is 23.3 Å². The highest BCUT2D eigenvalue weighted by atomic mass is 19.1. The molecule has 23 heavy (non-hydrogen) atoms. The summed E-state index contributed by atoms with van der Waals surface area (Å²) in [7, 11) is 0. The molecule has 0 saturated carbocycles. The fourth-order valence-corrected chi connectivity index (χ4v) is 1.87. The van der Waals surface area contributed by atoms with Crippen molar-refractivity contribution in [2.24, 2.45) is 5.73 Å². The number of benzene rings is 2. The van der Waals surface area contributed by atoms with Crippen molar-refractivity contribution < 1.29 is 13.9 Å². The number of rotatable bonds is 4. The maximum absolute atomic E-state index is 13.2. The largest absolute Gasteiger partial charge is 0.445 e. The van der Waals surface area contributed by atoms with E-state index in [0.717, 1.165) is 11.1 Å². The summed E-state index contributed by atoms with van der Waals surface area (Å²) < 4.78 is 18.2. The first-order valence-electron chi connectivity index (χ1n) is 7.11. The average molecular weight is 312 g/mol. The molecule has 0 aliphatic heterocycles. The first-order chi connectivity index (χ1) is 11.2. The molecule has 0 aliphatic carbocycles. The highest BCUT2D eigenvalue weighted by molar-refractivity contribution is 5.67. The van der Waals surface area contributed by atoms with Gasteiger partial charge in [0.15, 0.2) is 0 Å². The Bertz CT molecular complexity index is 721. The average Bonchev–Trinajstić information content (AvgIpc) is 2.58. The van der Waals surface area contributed by atoms with E-state index in [0.29, 0.717) is 5.56 Å². The van der Waals surface area contributed by atoms with E-state index in [9.17, 15) is 9.18 Å². The van der Waals surface area contributed by atoms with Crippen molar-refractivity contribution in [1.29, 1.82) is 0 Å². The number of alkyl carbamates (subject to hydrolysis) is 1. The predicted molar refractivity (Wildman–Crippen MR) is 85.8 cm³/mol. The van der Waals surface area contributed by atoms with Crippen molar-refractivity contribution >= 4 is 6.09 Å². The maximum atomic E-state index is 13.2. The summed E-state index contributed by atoms with van der Waals surface area (Å²) >= 11 is 0. The Labute approximate surface area is 134 Å². The third-order valence-electron chi connectivity index (χ3n) is 3.05. The van der Waals surface area contributed by atoms with E-state index in [1.165, 1.54) is 12.1 Å². The zero-order valence-corrected chi connectivity index (χ0v) is 12.5. The van der Waals surface area contributed by atoms with Crippen molar-refractivity contribution in [3.63, 3.8) is 0 Å². The summed E-state index contributed by atoms with van der Waals surface area (Å²) in [4.78, 5) is 11.5. The third kappa shape index (κ3) is 5.46. The second-order valence-corrected chi connectivity index (χ2v) is 4.72. The second kappa shape index (κ2) is 8.57. The molecule has 0 fully saturated rings. The van der Waals surface area contributed by atoms with Gasteiger partial charge in [-0.1, -0.05) is 48.2 Å². The van der Waals surface area contributed by atoms with Gasteiger partial charge in [0, 0.05) is 12.1 Å². The van der Waals surface area contributed by atoms with Crippen LogP contribution in [0.15, 0.2) is 48.5 Å². The van der Waals surface area contributed by atoms with E-state index in [4.69, 9.17) is 10.5 Å². The molecule has 0 spiro atoms. The zero-order valence-electron chi connectivity index (χ0n) is 12.5. The molecule has 0 saturated heterocycles. The Kier molecular flexibility index (Phi) is 6.16. The summed E-state index contributed by atoms with van der Waals surface area (Å²) in [5, 5.41) is 2.52. The number of halogens is 1. The molecule has 0 aliphatic rings. The van der Waals surface area contributed by atoms with Crippen LogP contribution in [0.3, 0.4) is 0 Å². The molecule has 118 valence electrons. The standard InChI is InChI=1S/C18H17FN2O2/c19-17-9-8-16(12-20)15(11-17)7-4-10-21-18(22)23-13-14-5-2-1-3-6-14/h1-3,5-6,8-9,11H,10,12-13,20H2,(H,21,22). The smallest absolute Gasteiger partial charge is 0.408 e. The predicted octanol–water partition coefficient (Wildman–Crippen LogP) is 2.56. The first-order valence-corrected chi connectivity index (χ1v) is 7.11. The van der Waals surface area contributed by atoms with E-state index in [2.05, 4.69) is 17.2 Å². The van der Waals surface area contributed by atoms with Gasteiger partial charge in [0.2, 0.25) is 0 Å². The summed E-state index contributed by atoms with van der Waals surface area (Å²) in [6, 6.07) is 13.6. The molecule has 2 aromatic rings. The van der Waals surface area contributed by atoms with E-state index in [1.54, 1.807) is 6.07 Å². The minimum atomic E-state index is -0.554. The van der Waals surface area contributed by atoms with Gasteiger partial charge in [-0.2, -0.15) is 0 Å². The fourth-order valence-electron chi connectivity index (χ4n) is 1.87. The minimum absolute atomic E-state index is 0.105. The summed E-state index contributed by atoms with van der Waals surface area (Å²) in [5.74, 6) is 5.17. The van der Waals surface area contributed by atoms with Crippen molar-refractivity contribution in [2.45, 2.75) is 13.2 Å². The summed E-state index contributed by atoms with van der Waals surface area (Å²) in [6.07, 6.45) is -0.554. The van der Waals surface area contributed by atoms with Crippen LogP contribution in [0.2, 0.25) is 0 Å². The van der Waals surface area contributed by atoms with Crippen LogP contribution in [0.4, 0.5) is 9.18 Å². The summed E-state index contributed by atoms with van der Waals surface area (Å²) in [6.45, 7) is 0.576. The highest BCUT2D eigenvalue weighted by Crippen LogP contribution is 2.09. The molecule has 0 radical (unpaired) electrons. The number of amides is 1. The van der Waals surface area contributed by atoms with Crippen molar-refractivity contribution in [2.75, 3.05) is 6.54 Å². The molecule has 2 aromatic carbocycles. The third-order valence-corrected chi connectivity index (χ3v) is 3.05. The number of hydrogen-bond donors (Lipinski definition) is 2. The lowest BCUT2D eigenvalue weighted by Gasteiger charge is -2.04. The van der Waals surface area contributed by atoms with Crippen molar-refractivity contribution in [3.05, 3.63) is 71.0 Å². The highest BCUT2D eigenvalue weighted by Gasteiger charge is 2.01. The van der Waals surface area contributed by atoms with Crippen LogP contribution in [0.1, 0.15) is 16.7 Å². The van der Waals surface area contributed by atoms with Crippen LogP contribution >= 0.6 is 0 Å². The Morgan fingerprint density at radius 3 is 2.74 bits per heavy atom. The molecule has 2 rings (SSSR count). The monoisotopic (exact) mass is 312 g/mol. The number of hydrogen-bond acceptors (Lipinski definition) is 3. The lowest BCUT2D eigenvalue weighted by atomic mass is 10.1. The molecule has 1 amide bonds. The number of carbonyl (C=O) groups is 1. The first kappa shape index (κ1) is 16.5. The van der Waals surface area contributed by atoms with Gasteiger partial charge in [0.25, 0.3) is 0 Å². The number of carbonyl (C=O) groups excluding carboxylic acids is 1. The minimum Gasteiger partial charge on any atom is -0.445 e. The Morgan fingerprint density at radius 1 is 1.22 bits per heavy atom. The Hall–Kier alpha value is -2.84. The van der Waals surface area contributed by atoms with Gasteiger partial charge in [0.1, 0.15) is 12.4 Å². The van der Waals surface area contributed by atoms with E-state index >= 15 is 0 Å². The fraction of sp³-hybridized carbons (Fsp3) is 0.167. The lowest BCUT2D eigenvalue weighted by molar-refractivity contribution is 0.141. The number of nitrogens with one attached hydrogen (secondary N) is 1. The quantitative estimate of drug-likeness (QED) is 0.853. The maximum Gasteiger partial charge on any atom is 0.408 e. The van der Waals surface area contributed by atoms with Crippen LogP contribution < -0.4 is 11.1 Å². The molecular weight excluding hydrogens is 295 g/mol. The summed E-state index contributed by atoms with van der Waals surface area (Å²) in [5.41, 5.74) is 7.75. The molecule has 0 bridgehead atoms. The van der Waals surface area contributed by atoms with Gasteiger partial charge < -0.3 is 15.8 Å². The van der Waals surface area contributed by atoms with E-state index < -0.39 is 6.09 Å². The second-order valence-electron chi connectivity index (χ2n) is 4.72. The zero-order chi connectivity index (χ0) is 16.5. The molecular formula is C18H17FN2O2. The van der Waals surface area contributed by atoms with Gasteiger partial charge in [-0.3, -0.25) is 0 Å². The SMILES string of the molecule is NCc1ccc(F)cc1C#CCNC(=O)OCc1ccccc1. The molecule has 3 N–H and O–H groups in total. The van der Waals surface area contributed by atoms with E-state index in [-0.39, 0.29) is 25.5 Å². The normalized spacial score (nSPS) is 9.65. The van der Waals surface area contributed by atoms with Crippen LogP contribution in [-0.4, -0.2) is 12.6 Å². The van der Waals surface area contributed by atoms with Crippen LogP contribution in [0.5, 0.6) is 0 Å². The molecule has 0 heterocycles. The Balaban J connectivity index is 1.81. The van der Waals surface area contributed by atoms with Crippen LogP contribution in [0.25, 0.3) is 0 Å². The lowest BCUT2D eigenvalue weighted by Crippen LogP contribution is -2.24. The van der Waals surface area contributed by atoms with Gasteiger partial charge in [-0.25, -0.2) is 9.18 Å². The van der Waals surface area contributed by atoms with Crippen molar-refractivity contribution in [1.82, 2.24) is 5.32 Å².